The topological polar surface area (TPSA) is 125 Å². The van der Waals surface area contributed by atoms with Gasteiger partial charge in [-0.15, -0.1) is 0 Å². The first-order chi connectivity index (χ1) is 13.6. The molecule has 29 heavy (non-hydrogen) atoms. The molecule has 1 heterocycles. The van der Waals surface area contributed by atoms with Crippen molar-refractivity contribution in [2.45, 2.75) is 31.9 Å². The lowest BCUT2D eigenvalue weighted by Gasteiger charge is -2.26. The molecular weight excluding hydrogens is 405 g/mol. The van der Waals surface area contributed by atoms with Gasteiger partial charge in [0.2, 0.25) is 15.9 Å². The predicted octanol–water partition coefficient (Wildman–Crippen LogP) is 0.641. The van der Waals surface area contributed by atoms with Crippen molar-refractivity contribution in [3.63, 3.8) is 0 Å². The van der Waals surface area contributed by atoms with Gasteiger partial charge in [-0.05, 0) is 44.2 Å². The number of sulfonamides is 1. The molecule has 0 aromatic heterocycles. The molecule has 11 heteroatoms. The number of ether oxygens (including phenoxy) is 1. The van der Waals surface area contributed by atoms with Crippen LogP contribution in [0, 0.1) is 11.7 Å². The van der Waals surface area contributed by atoms with Gasteiger partial charge in [0, 0.05) is 12.1 Å². The summed E-state index contributed by atoms with van der Waals surface area (Å²) in [6.45, 7) is 1.59. The summed E-state index contributed by atoms with van der Waals surface area (Å²) in [6.07, 6.45) is 2.14. The summed E-state index contributed by atoms with van der Waals surface area (Å²) >= 11 is 0. The van der Waals surface area contributed by atoms with E-state index in [1.807, 2.05) is 0 Å². The lowest BCUT2D eigenvalue weighted by Crippen LogP contribution is -2.44. The number of hydrogen-bond acceptors (Lipinski definition) is 6. The standard InChI is InChI=1S/C18H24FN3O6S/c1-18(25,13-5-6-14(19)15(9-13)28-11-12-3-4-12)21-29(26,27)8-2-7-22-10-16(23)20-17(22)24/h5-6,9,12,21,25H,2-4,7-8,10-11H2,1H3,(H,20,23,24)/t18-/m0/s1. The number of carbonyl (C=O) groups is 2. The zero-order valence-corrected chi connectivity index (χ0v) is 16.8. The third-order valence-electron chi connectivity index (χ3n) is 4.73. The van der Waals surface area contributed by atoms with E-state index in [2.05, 4.69) is 10.0 Å². The van der Waals surface area contributed by atoms with E-state index in [0.29, 0.717) is 12.5 Å². The molecule has 0 radical (unpaired) electrons. The van der Waals surface area contributed by atoms with Gasteiger partial charge in [0.15, 0.2) is 17.3 Å². The van der Waals surface area contributed by atoms with Crippen molar-refractivity contribution in [3.05, 3.63) is 29.6 Å². The number of rotatable bonds is 10. The van der Waals surface area contributed by atoms with Crippen LogP contribution in [0.5, 0.6) is 5.75 Å². The Morgan fingerprint density at radius 3 is 2.72 bits per heavy atom. The van der Waals surface area contributed by atoms with Gasteiger partial charge in [0.05, 0.1) is 12.4 Å². The average molecular weight is 429 g/mol. The van der Waals surface area contributed by atoms with Crippen molar-refractivity contribution in [2.75, 3.05) is 25.4 Å². The van der Waals surface area contributed by atoms with Gasteiger partial charge < -0.3 is 14.7 Å². The predicted molar refractivity (Wildman–Crippen MR) is 101 cm³/mol. The third-order valence-corrected chi connectivity index (χ3v) is 6.26. The molecule has 2 aliphatic rings. The first kappa shape index (κ1) is 21.5. The number of nitrogens with zero attached hydrogens (tertiary/aromatic N) is 1. The molecule has 1 saturated carbocycles. The van der Waals surface area contributed by atoms with Crippen molar-refractivity contribution >= 4 is 22.0 Å². The van der Waals surface area contributed by atoms with E-state index < -0.39 is 33.5 Å². The minimum atomic E-state index is -3.93. The molecule has 2 fully saturated rings. The zero-order valence-electron chi connectivity index (χ0n) is 16.0. The Hall–Kier alpha value is -2.24. The maximum atomic E-state index is 13.9. The highest BCUT2D eigenvalue weighted by Crippen LogP contribution is 2.31. The second-order valence-electron chi connectivity index (χ2n) is 7.52. The van der Waals surface area contributed by atoms with Crippen LogP contribution in [0.2, 0.25) is 0 Å². The van der Waals surface area contributed by atoms with Gasteiger partial charge in [-0.3, -0.25) is 10.1 Å². The van der Waals surface area contributed by atoms with E-state index in [4.69, 9.17) is 4.74 Å². The number of aliphatic hydroxyl groups is 1. The summed E-state index contributed by atoms with van der Waals surface area (Å²) in [5.41, 5.74) is -1.84. The van der Waals surface area contributed by atoms with E-state index >= 15 is 0 Å². The molecular formula is C18H24FN3O6S. The molecule has 1 saturated heterocycles. The summed E-state index contributed by atoms with van der Waals surface area (Å²) in [5.74, 6) is -1.03. The fraction of sp³-hybridized carbons (Fsp3) is 0.556. The fourth-order valence-corrected chi connectivity index (χ4v) is 4.27. The number of imide groups is 1. The molecule has 1 aromatic rings. The second kappa shape index (κ2) is 8.25. The second-order valence-corrected chi connectivity index (χ2v) is 9.36. The molecule has 0 spiro atoms. The number of carbonyl (C=O) groups excluding carboxylic acids is 2. The van der Waals surface area contributed by atoms with Crippen LogP contribution in [0.25, 0.3) is 0 Å². The maximum Gasteiger partial charge on any atom is 0.324 e. The van der Waals surface area contributed by atoms with Crippen LogP contribution in [0.3, 0.4) is 0 Å². The highest BCUT2D eigenvalue weighted by atomic mass is 32.2. The molecule has 9 nitrogen and oxygen atoms in total. The fourth-order valence-electron chi connectivity index (χ4n) is 2.93. The molecule has 1 aliphatic heterocycles. The Morgan fingerprint density at radius 2 is 2.10 bits per heavy atom. The summed E-state index contributed by atoms with van der Waals surface area (Å²) in [7, 11) is -3.93. The minimum Gasteiger partial charge on any atom is -0.490 e. The summed E-state index contributed by atoms with van der Waals surface area (Å²) < 4.78 is 46.3. The number of urea groups is 1. The largest absolute Gasteiger partial charge is 0.490 e. The molecule has 1 aliphatic carbocycles. The molecule has 1 atom stereocenters. The number of benzene rings is 1. The van der Waals surface area contributed by atoms with Crippen LogP contribution in [0.1, 0.15) is 31.7 Å². The summed E-state index contributed by atoms with van der Waals surface area (Å²) in [6, 6.07) is 3.11. The molecule has 3 rings (SSSR count). The smallest absolute Gasteiger partial charge is 0.324 e. The van der Waals surface area contributed by atoms with E-state index in [1.54, 1.807) is 0 Å². The van der Waals surface area contributed by atoms with Crippen LogP contribution in [-0.2, 0) is 20.5 Å². The first-order valence-corrected chi connectivity index (χ1v) is 11.0. The highest BCUT2D eigenvalue weighted by molar-refractivity contribution is 7.89. The molecule has 3 N–H and O–H groups in total. The number of amides is 3. The Kier molecular flexibility index (Phi) is 6.11. The van der Waals surface area contributed by atoms with Gasteiger partial charge in [-0.1, -0.05) is 6.07 Å². The highest BCUT2D eigenvalue weighted by Gasteiger charge is 2.31. The normalized spacial score (nSPS) is 19.2. The first-order valence-electron chi connectivity index (χ1n) is 9.31. The third kappa shape index (κ3) is 5.87. The molecule has 160 valence electrons. The van der Waals surface area contributed by atoms with E-state index in [1.165, 1.54) is 24.0 Å². The molecule has 1 aromatic carbocycles. The van der Waals surface area contributed by atoms with Crippen molar-refractivity contribution in [1.82, 2.24) is 14.9 Å². The number of nitrogens with one attached hydrogen (secondary N) is 2. The van der Waals surface area contributed by atoms with Gasteiger partial charge in [-0.2, -0.15) is 4.72 Å². The van der Waals surface area contributed by atoms with Gasteiger partial charge in [-0.25, -0.2) is 17.6 Å². The average Bonchev–Trinajstić information content (AvgIpc) is 3.37. The molecule has 3 amide bonds. The lowest BCUT2D eigenvalue weighted by molar-refractivity contribution is -0.118. The number of hydrogen-bond donors (Lipinski definition) is 3. The zero-order chi connectivity index (χ0) is 21.2. The van der Waals surface area contributed by atoms with Crippen molar-refractivity contribution in [2.24, 2.45) is 5.92 Å². The Balaban J connectivity index is 1.58. The maximum absolute atomic E-state index is 13.9. The lowest BCUT2D eigenvalue weighted by atomic mass is 10.1. The minimum absolute atomic E-state index is 0.0430. The van der Waals surface area contributed by atoms with Crippen LogP contribution < -0.4 is 14.8 Å². The Labute approximate surface area is 168 Å². The van der Waals surface area contributed by atoms with Crippen LogP contribution in [-0.4, -0.2) is 55.8 Å². The van der Waals surface area contributed by atoms with E-state index in [9.17, 15) is 27.5 Å². The molecule has 0 unspecified atom stereocenters. The van der Waals surface area contributed by atoms with Crippen LogP contribution >= 0.6 is 0 Å². The number of halogens is 1. The quantitative estimate of drug-likeness (QED) is 0.370. The van der Waals surface area contributed by atoms with Crippen LogP contribution in [0.15, 0.2) is 18.2 Å². The van der Waals surface area contributed by atoms with Crippen molar-refractivity contribution < 1.29 is 32.2 Å². The van der Waals surface area contributed by atoms with Gasteiger partial charge in [0.25, 0.3) is 0 Å². The molecule has 0 bridgehead atoms. The Bertz CT molecular complexity index is 901. The SMILES string of the molecule is C[C@@](O)(NS(=O)(=O)CCCN1CC(=O)NC1=O)c1ccc(F)c(OCC2CC2)c1. The van der Waals surface area contributed by atoms with Crippen molar-refractivity contribution in [3.8, 4) is 5.75 Å². The van der Waals surface area contributed by atoms with Crippen molar-refractivity contribution in [1.29, 1.82) is 0 Å². The summed E-state index contributed by atoms with van der Waals surface area (Å²) in [5, 5.41) is 12.7. The van der Waals surface area contributed by atoms with E-state index in [-0.39, 0.29) is 36.6 Å². The monoisotopic (exact) mass is 429 g/mol. The van der Waals surface area contributed by atoms with Gasteiger partial charge in [0.1, 0.15) is 6.54 Å². The van der Waals surface area contributed by atoms with Crippen LogP contribution in [0.4, 0.5) is 9.18 Å². The van der Waals surface area contributed by atoms with E-state index in [0.717, 1.165) is 18.9 Å². The van der Waals surface area contributed by atoms with Gasteiger partial charge >= 0.3 is 6.03 Å². The summed E-state index contributed by atoms with van der Waals surface area (Å²) in [4.78, 5) is 23.8. The Morgan fingerprint density at radius 1 is 1.38 bits per heavy atom.